The average molecular weight is 287 g/mol. The van der Waals surface area contributed by atoms with E-state index in [1.165, 1.54) is 13.8 Å². The molecule has 0 aliphatic carbocycles. The molecule has 0 unspecified atom stereocenters. The maximum absolute atomic E-state index is 12.2. The van der Waals surface area contributed by atoms with Crippen LogP contribution >= 0.6 is 0 Å². The van der Waals surface area contributed by atoms with Crippen molar-refractivity contribution in [2.75, 3.05) is 0 Å². The van der Waals surface area contributed by atoms with Gasteiger partial charge in [-0.3, -0.25) is 4.79 Å². The van der Waals surface area contributed by atoms with Gasteiger partial charge in [-0.05, 0) is 26.7 Å². The first-order valence-electron chi connectivity index (χ1n) is 5.39. The summed E-state index contributed by atoms with van der Waals surface area (Å²) >= 11 is 0. The Kier molecular flexibility index (Phi) is 5.67. The highest BCUT2D eigenvalue weighted by Gasteiger charge is 2.35. The van der Waals surface area contributed by atoms with Crippen molar-refractivity contribution < 1.29 is 26.7 Å². The van der Waals surface area contributed by atoms with E-state index in [1.54, 1.807) is 25.5 Å². The fraction of sp³-hybridized carbons (Fsp3) is 0.900. The first kappa shape index (κ1) is 17.2. The summed E-state index contributed by atoms with van der Waals surface area (Å²) in [4.78, 5) is 11.7. The molecule has 5 nitrogen and oxygen atoms in total. The number of rotatable bonds is 5. The Balaban J connectivity index is 4.96. The number of sulfonamides is 1. The number of carbonyl (C=O) groups excluding carboxylic acids is 1. The van der Waals surface area contributed by atoms with Crippen molar-refractivity contribution in [3.8, 4) is 0 Å². The molecule has 0 aromatic carbocycles. The molecule has 0 spiro atoms. The highest BCUT2D eigenvalue weighted by atomic mass is 32.2. The highest BCUT2D eigenvalue weighted by molar-refractivity contribution is 7.89. The summed E-state index contributed by atoms with van der Waals surface area (Å²) < 4.78 is 53.2. The van der Waals surface area contributed by atoms with Crippen molar-refractivity contribution >= 4 is 16.0 Å². The SMILES string of the molecule is CC(C)[C@@H](NS(=O)(=O)C(F)F)C(=O)OC(C)(C)C. The second-order valence-electron chi connectivity index (χ2n) is 5.18. The lowest BCUT2D eigenvalue weighted by Gasteiger charge is -2.26. The number of hydrogen-bond donors (Lipinski definition) is 1. The first-order chi connectivity index (χ1) is 7.87. The van der Waals surface area contributed by atoms with E-state index in [9.17, 15) is 22.0 Å². The second kappa shape index (κ2) is 5.92. The molecule has 0 saturated carbocycles. The van der Waals surface area contributed by atoms with Crippen molar-refractivity contribution in [2.45, 2.75) is 52.0 Å². The van der Waals surface area contributed by atoms with Gasteiger partial charge in [-0.2, -0.15) is 13.5 Å². The Hall–Kier alpha value is -0.760. The minimum atomic E-state index is -4.83. The third kappa shape index (κ3) is 5.72. The van der Waals surface area contributed by atoms with E-state index >= 15 is 0 Å². The monoisotopic (exact) mass is 287 g/mol. The van der Waals surface area contributed by atoms with Gasteiger partial charge in [0.1, 0.15) is 11.6 Å². The normalized spacial score (nSPS) is 14.9. The van der Waals surface area contributed by atoms with Crippen molar-refractivity contribution in [3.63, 3.8) is 0 Å². The van der Waals surface area contributed by atoms with E-state index in [1.807, 2.05) is 0 Å². The van der Waals surface area contributed by atoms with Crippen LogP contribution in [0.3, 0.4) is 0 Å². The zero-order valence-electron chi connectivity index (χ0n) is 11.0. The summed E-state index contributed by atoms with van der Waals surface area (Å²) in [5, 5.41) is 0. The van der Waals surface area contributed by atoms with Gasteiger partial charge in [0.25, 0.3) is 10.0 Å². The molecule has 0 aromatic heterocycles. The van der Waals surface area contributed by atoms with Gasteiger partial charge in [0.05, 0.1) is 0 Å². The molecule has 0 fully saturated rings. The highest BCUT2D eigenvalue weighted by Crippen LogP contribution is 2.14. The number of alkyl halides is 2. The number of esters is 1. The molecule has 0 heterocycles. The summed E-state index contributed by atoms with van der Waals surface area (Å²) in [5.41, 5.74) is -0.819. The minimum Gasteiger partial charge on any atom is -0.459 e. The Bertz CT molecular complexity index is 387. The number of hydrogen-bond acceptors (Lipinski definition) is 4. The molecule has 1 N–H and O–H groups in total. The second-order valence-corrected chi connectivity index (χ2v) is 6.86. The van der Waals surface area contributed by atoms with E-state index < -0.39 is 39.3 Å². The lowest BCUT2D eigenvalue weighted by atomic mass is 10.1. The van der Waals surface area contributed by atoms with Crippen LogP contribution in [0.25, 0.3) is 0 Å². The van der Waals surface area contributed by atoms with Crippen LogP contribution in [0.15, 0.2) is 0 Å². The fourth-order valence-corrected chi connectivity index (χ4v) is 1.88. The van der Waals surface area contributed by atoms with Gasteiger partial charge in [-0.15, -0.1) is 0 Å². The summed E-state index contributed by atoms with van der Waals surface area (Å²) in [5.74, 6) is -4.96. The van der Waals surface area contributed by atoms with Crippen LogP contribution in [0.5, 0.6) is 0 Å². The summed E-state index contributed by atoms with van der Waals surface area (Å²) in [7, 11) is -4.83. The van der Waals surface area contributed by atoms with Crippen LogP contribution < -0.4 is 4.72 Å². The fourth-order valence-electron chi connectivity index (χ4n) is 1.05. The lowest BCUT2D eigenvalue weighted by Crippen LogP contribution is -2.48. The Labute approximate surface area is 106 Å². The average Bonchev–Trinajstić information content (AvgIpc) is 2.10. The van der Waals surface area contributed by atoms with Crippen molar-refractivity contribution in [1.29, 1.82) is 0 Å². The standard InChI is InChI=1S/C10H19F2NO4S/c1-6(2)7(8(14)17-10(3,4)5)13-18(15,16)9(11)12/h6-7,9,13H,1-5H3/t7-/m1/s1. The molecular weight excluding hydrogens is 268 g/mol. The smallest absolute Gasteiger partial charge is 0.350 e. The lowest BCUT2D eigenvalue weighted by molar-refractivity contribution is -0.158. The van der Waals surface area contributed by atoms with E-state index in [4.69, 9.17) is 4.74 Å². The number of halogens is 2. The van der Waals surface area contributed by atoms with Gasteiger partial charge in [-0.1, -0.05) is 13.8 Å². The number of nitrogens with one attached hydrogen (secondary N) is 1. The van der Waals surface area contributed by atoms with Gasteiger partial charge in [0.2, 0.25) is 0 Å². The van der Waals surface area contributed by atoms with Gasteiger partial charge in [0.15, 0.2) is 0 Å². The molecule has 0 aromatic rings. The predicted molar refractivity (Wildman–Crippen MR) is 62.5 cm³/mol. The molecule has 0 bridgehead atoms. The summed E-state index contributed by atoms with van der Waals surface area (Å²) in [6, 6.07) is -1.33. The summed E-state index contributed by atoms with van der Waals surface area (Å²) in [6.07, 6.45) is 0. The molecule has 108 valence electrons. The van der Waals surface area contributed by atoms with E-state index in [0.29, 0.717) is 0 Å². The van der Waals surface area contributed by atoms with Crippen LogP contribution in [-0.4, -0.2) is 31.8 Å². The molecule has 0 saturated heterocycles. The molecule has 8 heteroatoms. The Morgan fingerprint density at radius 1 is 1.22 bits per heavy atom. The minimum absolute atomic E-state index is 0.506. The van der Waals surface area contributed by atoms with Crippen LogP contribution in [0, 0.1) is 5.92 Å². The van der Waals surface area contributed by atoms with Gasteiger partial charge >= 0.3 is 11.7 Å². The zero-order valence-corrected chi connectivity index (χ0v) is 11.8. The molecule has 1 atom stereocenters. The Morgan fingerprint density at radius 2 is 1.67 bits per heavy atom. The topological polar surface area (TPSA) is 72.5 Å². The Morgan fingerprint density at radius 3 is 1.94 bits per heavy atom. The maximum Gasteiger partial charge on any atom is 0.350 e. The third-order valence-electron chi connectivity index (χ3n) is 1.85. The third-order valence-corrected chi connectivity index (χ3v) is 2.90. The van der Waals surface area contributed by atoms with Crippen molar-refractivity contribution in [2.24, 2.45) is 5.92 Å². The number of carbonyl (C=O) groups is 1. The predicted octanol–water partition coefficient (Wildman–Crippen LogP) is 1.49. The molecule has 0 rings (SSSR count). The molecule has 0 aliphatic rings. The van der Waals surface area contributed by atoms with Crippen LogP contribution in [-0.2, 0) is 19.6 Å². The molecular formula is C10H19F2NO4S. The number of ether oxygens (including phenoxy) is 1. The quantitative estimate of drug-likeness (QED) is 0.778. The zero-order chi connectivity index (χ0) is 14.7. The molecule has 18 heavy (non-hydrogen) atoms. The molecule has 0 amide bonds. The first-order valence-corrected chi connectivity index (χ1v) is 6.93. The largest absolute Gasteiger partial charge is 0.459 e. The summed E-state index contributed by atoms with van der Waals surface area (Å²) in [6.45, 7) is 7.86. The van der Waals surface area contributed by atoms with Crippen molar-refractivity contribution in [3.05, 3.63) is 0 Å². The molecule has 0 radical (unpaired) electrons. The molecule has 0 aliphatic heterocycles. The van der Waals surface area contributed by atoms with Crippen LogP contribution in [0.4, 0.5) is 8.78 Å². The van der Waals surface area contributed by atoms with E-state index in [-0.39, 0.29) is 0 Å². The van der Waals surface area contributed by atoms with Gasteiger partial charge < -0.3 is 4.74 Å². The van der Waals surface area contributed by atoms with Crippen LogP contribution in [0.1, 0.15) is 34.6 Å². The maximum atomic E-state index is 12.2. The van der Waals surface area contributed by atoms with E-state index in [0.717, 1.165) is 0 Å². The van der Waals surface area contributed by atoms with Crippen LogP contribution in [0.2, 0.25) is 0 Å². The van der Waals surface area contributed by atoms with Gasteiger partial charge in [0, 0.05) is 0 Å². The van der Waals surface area contributed by atoms with E-state index in [2.05, 4.69) is 0 Å². The van der Waals surface area contributed by atoms with Gasteiger partial charge in [-0.25, -0.2) is 8.42 Å². The van der Waals surface area contributed by atoms with Crippen molar-refractivity contribution in [1.82, 2.24) is 4.72 Å².